The number of benzene rings is 2. The summed E-state index contributed by atoms with van der Waals surface area (Å²) in [4.78, 5) is 7.17. The molecule has 1 unspecified atom stereocenters. The van der Waals surface area contributed by atoms with Gasteiger partial charge in [0.15, 0.2) is 0 Å². The Morgan fingerprint density at radius 1 is 0.968 bits per heavy atom. The van der Waals surface area contributed by atoms with Gasteiger partial charge in [0.2, 0.25) is 21.7 Å². The third kappa shape index (κ3) is 4.28. The maximum absolute atomic E-state index is 13.3. The van der Waals surface area contributed by atoms with E-state index in [1.165, 1.54) is 0 Å². The first-order chi connectivity index (χ1) is 14.8. The van der Waals surface area contributed by atoms with E-state index >= 15 is 0 Å². The highest BCUT2D eigenvalue weighted by molar-refractivity contribution is 7.89. The summed E-state index contributed by atoms with van der Waals surface area (Å²) >= 11 is 0. The largest absolute Gasteiger partial charge is 0.337 e. The molecule has 4 rings (SSSR count). The summed E-state index contributed by atoms with van der Waals surface area (Å²) in [6.45, 7) is 9.80. The van der Waals surface area contributed by atoms with E-state index in [0.717, 1.165) is 22.3 Å². The van der Waals surface area contributed by atoms with Crippen molar-refractivity contribution in [1.82, 2.24) is 19.3 Å². The molecule has 0 amide bonds. The number of aromatic nitrogens is 2. The molecule has 8 heteroatoms. The van der Waals surface area contributed by atoms with E-state index in [0.29, 0.717) is 42.8 Å². The van der Waals surface area contributed by atoms with Crippen molar-refractivity contribution in [2.24, 2.45) is 0 Å². The normalized spacial score (nSPS) is 17.0. The van der Waals surface area contributed by atoms with Crippen LogP contribution < -0.4 is 0 Å². The van der Waals surface area contributed by atoms with Gasteiger partial charge in [-0.15, -0.1) is 0 Å². The van der Waals surface area contributed by atoms with Gasteiger partial charge in [-0.2, -0.15) is 9.29 Å². The Balaban J connectivity index is 1.46. The summed E-state index contributed by atoms with van der Waals surface area (Å²) in [5, 5.41) is 4.10. The lowest BCUT2D eigenvalue weighted by molar-refractivity contribution is 0.124. The van der Waals surface area contributed by atoms with Crippen molar-refractivity contribution in [3.05, 3.63) is 65.0 Å². The van der Waals surface area contributed by atoms with Gasteiger partial charge in [-0.3, -0.25) is 4.90 Å². The highest BCUT2D eigenvalue weighted by Crippen LogP contribution is 2.28. The Hall–Kier alpha value is -2.55. The summed E-state index contributed by atoms with van der Waals surface area (Å²) in [7, 11) is -3.53. The smallest absolute Gasteiger partial charge is 0.244 e. The molecule has 164 valence electrons. The van der Waals surface area contributed by atoms with Crippen molar-refractivity contribution < 1.29 is 12.9 Å². The van der Waals surface area contributed by atoms with Crippen LogP contribution in [0.5, 0.6) is 0 Å². The molecule has 0 bridgehead atoms. The molecule has 1 aliphatic heterocycles. The molecule has 7 nitrogen and oxygen atoms in total. The van der Waals surface area contributed by atoms with Crippen molar-refractivity contribution in [3.63, 3.8) is 0 Å². The monoisotopic (exact) mass is 440 g/mol. The molecule has 0 saturated carbocycles. The second-order valence-electron chi connectivity index (χ2n) is 8.17. The number of nitrogens with zero attached hydrogens (tertiary/aromatic N) is 4. The quantitative estimate of drug-likeness (QED) is 0.601. The van der Waals surface area contributed by atoms with Gasteiger partial charge in [-0.25, -0.2) is 8.42 Å². The minimum Gasteiger partial charge on any atom is -0.337 e. The maximum Gasteiger partial charge on any atom is 0.244 e. The number of hydrogen-bond donors (Lipinski definition) is 0. The number of sulfonamides is 1. The summed E-state index contributed by atoms with van der Waals surface area (Å²) in [6, 6.07) is 13.5. The highest BCUT2D eigenvalue weighted by Gasteiger charge is 2.33. The van der Waals surface area contributed by atoms with E-state index in [1.54, 1.807) is 4.31 Å². The average molecular weight is 441 g/mol. The Bertz CT molecular complexity index is 1140. The summed E-state index contributed by atoms with van der Waals surface area (Å²) in [6.07, 6.45) is 0. The number of rotatable bonds is 5. The number of piperazine rings is 1. The lowest BCUT2D eigenvalue weighted by Crippen LogP contribution is -2.49. The van der Waals surface area contributed by atoms with Gasteiger partial charge in [0, 0.05) is 31.7 Å². The van der Waals surface area contributed by atoms with Gasteiger partial charge < -0.3 is 4.52 Å². The van der Waals surface area contributed by atoms with Crippen LogP contribution in [0.1, 0.15) is 35.5 Å². The predicted molar refractivity (Wildman–Crippen MR) is 119 cm³/mol. The first-order valence-corrected chi connectivity index (χ1v) is 11.9. The molecule has 1 aliphatic rings. The first-order valence-electron chi connectivity index (χ1n) is 10.5. The van der Waals surface area contributed by atoms with E-state index < -0.39 is 10.0 Å². The van der Waals surface area contributed by atoms with Gasteiger partial charge in [0.05, 0.1) is 10.9 Å². The molecule has 0 radical (unpaired) electrons. The lowest BCUT2D eigenvalue weighted by atomic mass is 10.1. The van der Waals surface area contributed by atoms with Gasteiger partial charge in [-0.05, 0) is 38.8 Å². The highest BCUT2D eigenvalue weighted by atomic mass is 32.2. The van der Waals surface area contributed by atoms with E-state index in [4.69, 9.17) is 4.52 Å². The van der Waals surface area contributed by atoms with E-state index in [-0.39, 0.29) is 6.04 Å². The molecule has 1 atom stereocenters. The number of hydrogen-bond acceptors (Lipinski definition) is 6. The molecular weight excluding hydrogens is 412 g/mol. The second-order valence-corrected chi connectivity index (χ2v) is 10.0. The van der Waals surface area contributed by atoms with Crippen LogP contribution >= 0.6 is 0 Å². The molecule has 2 heterocycles. The van der Waals surface area contributed by atoms with Crippen LogP contribution in [0.3, 0.4) is 0 Å². The summed E-state index contributed by atoms with van der Waals surface area (Å²) in [5.74, 6) is 1.11. The second kappa shape index (κ2) is 8.53. The van der Waals surface area contributed by atoms with Crippen molar-refractivity contribution in [2.45, 2.75) is 38.6 Å². The zero-order chi connectivity index (χ0) is 22.2. The summed E-state index contributed by atoms with van der Waals surface area (Å²) in [5.41, 5.74) is 3.58. The number of aryl methyl sites for hydroxylation is 3. The van der Waals surface area contributed by atoms with E-state index in [9.17, 15) is 8.42 Å². The van der Waals surface area contributed by atoms with Crippen LogP contribution in [0, 0.1) is 20.8 Å². The van der Waals surface area contributed by atoms with Crippen LogP contribution in [0.4, 0.5) is 0 Å². The minimum absolute atomic E-state index is 0.0855. The molecule has 1 saturated heterocycles. The third-order valence-corrected chi connectivity index (χ3v) is 8.06. The van der Waals surface area contributed by atoms with Crippen molar-refractivity contribution >= 4 is 10.0 Å². The Labute approximate surface area is 183 Å². The third-order valence-electron chi connectivity index (χ3n) is 5.85. The Morgan fingerprint density at radius 2 is 1.58 bits per heavy atom. The van der Waals surface area contributed by atoms with Gasteiger partial charge in [0.25, 0.3) is 0 Å². The molecule has 3 aromatic rings. The SMILES string of the molecule is Cc1cc(C)c(S(=O)(=O)N2CCN(C(C)c3nc(-c4ccccc4)no3)CC2)c(C)c1. The molecular formula is C23H28N4O3S. The standard InChI is InChI=1S/C23H28N4O3S/c1-16-14-17(2)21(18(3)15-16)31(28,29)27-12-10-26(11-13-27)19(4)23-24-22(25-30-23)20-8-6-5-7-9-20/h5-9,14-15,19H,10-13H2,1-4H3. The molecule has 0 N–H and O–H groups in total. The molecule has 2 aromatic carbocycles. The van der Waals surface area contributed by atoms with Crippen LogP contribution in [0.25, 0.3) is 11.4 Å². The molecule has 1 aromatic heterocycles. The van der Waals surface area contributed by atoms with Crippen LogP contribution in [0.2, 0.25) is 0 Å². The van der Waals surface area contributed by atoms with Crippen molar-refractivity contribution in [3.8, 4) is 11.4 Å². The Kier molecular flexibility index (Phi) is 5.96. The van der Waals surface area contributed by atoms with Crippen LogP contribution in [0.15, 0.2) is 51.9 Å². The molecule has 0 aliphatic carbocycles. The Morgan fingerprint density at radius 3 is 2.19 bits per heavy atom. The van der Waals surface area contributed by atoms with Crippen molar-refractivity contribution in [2.75, 3.05) is 26.2 Å². The van der Waals surface area contributed by atoms with Gasteiger partial charge in [0.1, 0.15) is 0 Å². The zero-order valence-electron chi connectivity index (χ0n) is 18.4. The minimum atomic E-state index is -3.53. The zero-order valence-corrected chi connectivity index (χ0v) is 19.2. The predicted octanol–water partition coefficient (Wildman–Crippen LogP) is 3.73. The molecule has 31 heavy (non-hydrogen) atoms. The fourth-order valence-corrected chi connectivity index (χ4v) is 6.13. The molecule has 1 fully saturated rings. The topological polar surface area (TPSA) is 79.5 Å². The van der Waals surface area contributed by atoms with Gasteiger partial charge in [-0.1, -0.05) is 53.2 Å². The fraction of sp³-hybridized carbons (Fsp3) is 0.391. The van der Waals surface area contributed by atoms with Crippen LogP contribution in [-0.4, -0.2) is 53.9 Å². The van der Waals surface area contributed by atoms with E-state index in [1.807, 2.05) is 70.2 Å². The van der Waals surface area contributed by atoms with Crippen molar-refractivity contribution in [1.29, 1.82) is 0 Å². The van der Waals surface area contributed by atoms with Gasteiger partial charge >= 0.3 is 0 Å². The van der Waals surface area contributed by atoms with Crippen LogP contribution in [-0.2, 0) is 10.0 Å². The van der Waals surface area contributed by atoms with E-state index in [2.05, 4.69) is 15.0 Å². The molecule has 0 spiro atoms. The summed E-state index contributed by atoms with van der Waals surface area (Å²) < 4.78 is 33.7. The first kappa shape index (κ1) is 21.7. The fourth-order valence-electron chi connectivity index (χ4n) is 4.30. The maximum atomic E-state index is 13.3. The average Bonchev–Trinajstić information content (AvgIpc) is 3.23. The lowest BCUT2D eigenvalue weighted by Gasteiger charge is -2.36.